The normalized spacial score (nSPS) is 11.8. The number of likely N-dealkylation sites (N-methyl/N-ethyl adjacent to an activating group) is 1. The Morgan fingerprint density at radius 1 is 1.37 bits per heavy atom. The molecule has 1 atom stereocenters. The fourth-order valence-corrected chi connectivity index (χ4v) is 2.72. The fourth-order valence-electron chi connectivity index (χ4n) is 1.50. The number of benzene rings is 1. The van der Waals surface area contributed by atoms with Crippen molar-refractivity contribution in [1.82, 2.24) is 10.2 Å². The Balaban J connectivity index is 2.77. The van der Waals surface area contributed by atoms with Crippen molar-refractivity contribution >= 4 is 43.7 Å². The summed E-state index contributed by atoms with van der Waals surface area (Å²) in [6.45, 7) is 4.18. The molecule has 0 spiro atoms. The molecule has 1 rings (SSSR count). The van der Waals surface area contributed by atoms with Crippen LogP contribution in [0.2, 0.25) is 0 Å². The van der Waals surface area contributed by atoms with E-state index in [2.05, 4.69) is 37.2 Å². The molecule has 6 heteroatoms. The molecule has 2 amide bonds. The average Bonchev–Trinajstić information content (AvgIpc) is 2.36. The van der Waals surface area contributed by atoms with Gasteiger partial charge in [-0.1, -0.05) is 15.9 Å². The first kappa shape index (κ1) is 16.2. The molecule has 1 aromatic carbocycles. The second-order valence-electron chi connectivity index (χ2n) is 4.17. The molecule has 0 fully saturated rings. The molecule has 0 bridgehead atoms. The first-order valence-corrected chi connectivity index (χ1v) is 7.46. The number of carbonyl (C=O) groups is 2. The molecule has 0 saturated heterocycles. The standard InChI is InChI=1S/C13H16Br2N2O2/c1-4-17(3)13(19)8(2)16-12(18)10-6-5-9(14)7-11(10)15/h5-8H,4H2,1-3H3,(H,16,18). The van der Waals surface area contributed by atoms with Crippen LogP contribution in [-0.4, -0.2) is 36.3 Å². The number of carbonyl (C=O) groups excluding carboxylic acids is 2. The van der Waals surface area contributed by atoms with Gasteiger partial charge in [-0.2, -0.15) is 0 Å². The van der Waals surface area contributed by atoms with Crippen LogP contribution in [0.3, 0.4) is 0 Å². The zero-order chi connectivity index (χ0) is 14.6. The van der Waals surface area contributed by atoms with Crippen LogP contribution < -0.4 is 5.32 Å². The number of rotatable bonds is 4. The monoisotopic (exact) mass is 390 g/mol. The summed E-state index contributed by atoms with van der Waals surface area (Å²) in [7, 11) is 1.71. The summed E-state index contributed by atoms with van der Waals surface area (Å²) in [5.74, 6) is -0.381. The van der Waals surface area contributed by atoms with Crippen molar-refractivity contribution in [2.45, 2.75) is 19.9 Å². The lowest BCUT2D eigenvalue weighted by Gasteiger charge is -2.20. The summed E-state index contributed by atoms with van der Waals surface area (Å²) in [5.41, 5.74) is 0.502. The summed E-state index contributed by atoms with van der Waals surface area (Å²) in [6, 6.07) is 4.72. The van der Waals surface area contributed by atoms with Gasteiger partial charge in [-0.15, -0.1) is 0 Å². The summed E-state index contributed by atoms with van der Waals surface area (Å²) in [6.07, 6.45) is 0. The van der Waals surface area contributed by atoms with Gasteiger partial charge in [0.25, 0.3) is 5.91 Å². The summed E-state index contributed by atoms with van der Waals surface area (Å²) < 4.78 is 1.56. The van der Waals surface area contributed by atoms with Crippen LogP contribution >= 0.6 is 31.9 Å². The Bertz CT molecular complexity index is 492. The maximum absolute atomic E-state index is 12.1. The molecule has 19 heavy (non-hydrogen) atoms. The van der Waals surface area contributed by atoms with Crippen molar-refractivity contribution in [1.29, 1.82) is 0 Å². The third-order valence-corrected chi connectivity index (χ3v) is 3.89. The molecule has 0 radical (unpaired) electrons. The van der Waals surface area contributed by atoms with Gasteiger partial charge in [-0.3, -0.25) is 9.59 Å². The third kappa shape index (κ3) is 4.31. The van der Waals surface area contributed by atoms with E-state index in [1.807, 2.05) is 6.92 Å². The third-order valence-electron chi connectivity index (χ3n) is 2.74. The summed E-state index contributed by atoms with van der Waals surface area (Å²) >= 11 is 6.66. The minimum atomic E-state index is -0.548. The summed E-state index contributed by atoms with van der Waals surface area (Å²) in [4.78, 5) is 25.5. The van der Waals surface area contributed by atoms with Crippen LogP contribution in [0.15, 0.2) is 27.1 Å². The van der Waals surface area contributed by atoms with E-state index in [0.717, 1.165) is 4.47 Å². The molecule has 0 saturated carbocycles. The van der Waals surface area contributed by atoms with Gasteiger partial charge in [0.2, 0.25) is 5.91 Å². The van der Waals surface area contributed by atoms with Crippen molar-refractivity contribution in [2.75, 3.05) is 13.6 Å². The zero-order valence-corrected chi connectivity index (χ0v) is 14.2. The highest BCUT2D eigenvalue weighted by Gasteiger charge is 2.20. The van der Waals surface area contributed by atoms with Gasteiger partial charge in [0.05, 0.1) is 5.56 Å². The van der Waals surface area contributed by atoms with E-state index in [0.29, 0.717) is 16.6 Å². The van der Waals surface area contributed by atoms with Crippen LogP contribution in [0.4, 0.5) is 0 Å². The van der Waals surface area contributed by atoms with E-state index < -0.39 is 6.04 Å². The Morgan fingerprint density at radius 3 is 2.53 bits per heavy atom. The molecule has 0 aliphatic rings. The second kappa shape index (κ2) is 7.05. The zero-order valence-electron chi connectivity index (χ0n) is 11.0. The average molecular weight is 392 g/mol. The predicted octanol–water partition coefficient (Wildman–Crippen LogP) is 2.81. The highest BCUT2D eigenvalue weighted by Crippen LogP contribution is 2.21. The number of amides is 2. The highest BCUT2D eigenvalue weighted by atomic mass is 79.9. The Kier molecular flexibility index (Phi) is 6.00. The molecule has 1 aromatic rings. The second-order valence-corrected chi connectivity index (χ2v) is 5.94. The minimum absolute atomic E-state index is 0.107. The molecule has 1 N–H and O–H groups in total. The fraction of sp³-hybridized carbons (Fsp3) is 0.385. The van der Waals surface area contributed by atoms with Crippen LogP contribution in [0, 0.1) is 0 Å². The van der Waals surface area contributed by atoms with E-state index in [9.17, 15) is 9.59 Å². The van der Waals surface area contributed by atoms with Gasteiger partial charge in [-0.05, 0) is 48.0 Å². The first-order chi connectivity index (χ1) is 8.86. The topological polar surface area (TPSA) is 49.4 Å². The van der Waals surface area contributed by atoms with Gasteiger partial charge >= 0.3 is 0 Å². The molecular formula is C13H16Br2N2O2. The van der Waals surface area contributed by atoms with Crippen molar-refractivity contribution in [3.63, 3.8) is 0 Å². The van der Waals surface area contributed by atoms with Gasteiger partial charge in [-0.25, -0.2) is 0 Å². The summed E-state index contributed by atoms with van der Waals surface area (Å²) in [5, 5.41) is 2.70. The van der Waals surface area contributed by atoms with E-state index in [-0.39, 0.29) is 11.8 Å². The molecule has 0 heterocycles. The Hall–Kier alpha value is -0.880. The number of hydrogen-bond acceptors (Lipinski definition) is 2. The van der Waals surface area contributed by atoms with Crippen molar-refractivity contribution < 1.29 is 9.59 Å². The van der Waals surface area contributed by atoms with Crippen molar-refractivity contribution in [3.05, 3.63) is 32.7 Å². The van der Waals surface area contributed by atoms with Gasteiger partial charge < -0.3 is 10.2 Å². The molecule has 4 nitrogen and oxygen atoms in total. The quantitative estimate of drug-likeness (QED) is 0.857. The predicted molar refractivity (Wildman–Crippen MR) is 82.1 cm³/mol. The van der Waals surface area contributed by atoms with Crippen molar-refractivity contribution in [2.24, 2.45) is 0 Å². The number of nitrogens with one attached hydrogen (secondary N) is 1. The molecule has 0 aliphatic heterocycles. The number of halogens is 2. The molecule has 0 aliphatic carbocycles. The van der Waals surface area contributed by atoms with Gasteiger partial charge in [0, 0.05) is 22.5 Å². The van der Waals surface area contributed by atoms with Crippen molar-refractivity contribution in [3.8, 4) is 0 Å². The first-order valence-electron chi connectivity index (χ1n) is 5.87. The lowest BCUT2D eigenvalue weighted by Crippen LogP contribution is -2.45. The Morgan fingerprint density at radius 2 is 2.00 bits per heavy atom. The van der Waals surface area contributed by atoms with Crippen LogP contribution in [0.1, 0.15) is 24.2 Å². The maximum Gasteiger partial charge on any atom is 0.253 e. The molecule has 0 aromatic heterocycles. The Labute approximate surface area is 129 Å². The largest absolute Gasteiger partial charge is 0.344 e. The number of nitrogens with zero attached hydrogens (tertiary/aromatic N) is 1. The smallest absolute Gasteiger partial charge is 0.253 e. The lowest BCUT2D eigenvalue weighted by atomic mass is 10.2. The highest BCUT2D eigenvalue weighted by molar-refractivity contribution is 9.11. The lowest BCUT2D eigenvalue weighted by molar-refractivity contribution is -0.131. The SMILES string of the molecule is CCN(C)C(=O)C(C)NC(=O)c1ccc(Br)cc1Br. The van der Waals surface area contributed by atoms with Gasteiger partial charge in [0.1, 0.15) is 6.04 Å². The van der Waals surface area contributed by atoms with Crippen LogP contribution in [-0.2, 0) is 4.79 Å². The maximum atomic E-state index is 12.1. The van der Waals surface area contributed by atoms with Crippen LogP contribution in [0.25, 0.3) is 0 Å². The molecular weight excluding hydrogens is 376 g/mol. The van der Waals surface area contributed by atoms with E-state index >= 15 is 0 Å². The molecule has 104 valence electrons. The number of hydrogen-bond donors (Lipinski definition) is 1. The van der Waals surface area contributed by atoms with E-state index in [1.165, 1.54) is 0 Å². The van der Waals surface area contributed by atoms with E-state index in [4.69, 9.17) is 0 Å². The minimum Gasteiger partial charge on any atom is -0.344 e. The van der Waals surface area contributed by atoms with E-state index in [1.54, 1.807) is 37.1 Å². The molecule has 1 unspecified atom stereocenters. The van der Waals surface area contributed by atoms with Crippen LogP contribution in [0.5, 0.6) is 0 Å². The van der Waals surface area contributed by atoms with Gasteiger partial charge in [0.15, 0.2) is 0 Å².